The van der Waals surface area contributed by atoms with Gasteiger partial charge in [-0.3, -0.25) is 0 Å². The summed E-state index contributed by atoms with van der Waals surface area (Å²) in [5.41, 5.74) is 1.00. The third-order valence-electron chi connectivity index (χ3n) is 2.47. The maximum Gasteiger partial charge on any atom is 0.243 e. The molecule has 0 aliphatic rings. The van der Waals surface area contributed by atoms with Crippen LogP contribution in [0.1, 0.15) is 5.56 Å². The summed E-state index contributed by atoms with van der Waals surface area (Å²) in [5, 5.41) is 0. The molecule has 2 rings (SSSR count). The Bertz CT molecular complexity index is 744. The molecular weight excluding hydrogens is 277 g/mol. The molecule has 0 atom stereocenters. The fourth-order valence-corrected chi connectivity index (χ4v) is 2.27. The molecule has 5 heteroatoms. The van der Waals surface area contributed by atoms with Crippen LogP contribution in [0.3, 0.4) is 0 Å². The first-order valence-electron chi connectivity index (χ1n) is 5.79. The molecule has 0 aliphatic carbocycles. The Hall–Kier alpha value is -2.32. The van der Waals surface area contributed by atoms with Crippen molar-refractivity contribution in [2.75, 3.05) is 10.6 Å². The molecule has 0 aromatic heterocycles. The Balaban J connectivity index is 2.38. The van der Waals surface area contributed by atoms with E-state index in [9.17, 15) is 12.8 Å². The second kappa shape index (κ2) is 5.76. The maximum absolute atomic E-state index is 12.8. The standard InChI is InChI=1S/C15H12FNO2S/c1-20(18,19)17(15-5-3-2-4-6-15)12-11-13-7-9-14(16)10-8-13/h2-10H,1H3. The topological polar surface area (TPSA) is 37.4 Å². The Kier molecular flexibility index (Phi) is 4.06. The number of benzene rings is 2. The molecule has 0 saturated heterocycles. The van der Waals surface area contributed by atoms with Gasteiger partial charge < -0.3 is 0 Å². The first-order valence-corrected chi connectivity index (χ1v) is 7.64. The Morgan fingerprint density at radius 3 is 2.15 bits per heavy atom. The van der Waals surface area contributed by atoms with Gasteiger partial charge in [0.25, 0.3) is 0 Å². The highest BCUT2D eigenvalue weighted by molar-refractivity contribution is 7.92. The van der Waals surface area contributed by atoms with Gasteiger partial charge >= 0.3 is 0 Å². The minimum Gasteiger partial charge on any atom is -0.207 e. The average Bonchev–Trinajstić information content (AvgIpc) is 2.41. The molecule has 3 nitrogen and oxygen atoms in total. The Labute approximate surface area is 117 Å². The van der Waals surface area contributed by atoms with E-state index in [2.05, 4.69) is 12.0 Å². The summed E-state index contributed by atoms with van der Waals surface area (Å²) < 4.78 is 37.3. The third kappa shape index (κ3) is 3.59. The van der Waals surface area contributed by atoms with Crippen LogP contribution >= 0.6 is 0 Å². The molecule has 0 bridgehead atoms. The SMILES string of the molecule is CS(=O)(=O)N(C#Cc1ccc(F)cc1)c1ccccc1. The number of sulfonamides is 1. The van der Waals surface area contributed by atoms with Crippen LogP contribution in [-0.4, -0.2) is 14.7 Å². The smallest absolute Gasteiger partial charge is 0.207 e. The van der Waals surface area contributed by atoms with Crippen molar-refractivity contribution in [3.63, 3.8) is 0 Å². The second-order valence-corrected chi connectivity index (χ2v) is 5.94. The van der Waals surface area contributed by atoms with Crippen LogP contribution in [0.25, 0.3) is 0 Å². The molecule has 0 aliphatic heterocycles. The summed E-state index contributed by atoms with van der Waals surface area (Å²) in [5.74, 6) is 2.34. The Morgan fingerprint density at radius 1 is 1.00 bits per heavy atom. The molecule has 0 spiro atoms. The van der Waals surface area contributed by atoms with Gasteiger partial charge in [0.05, 0.1) is 11.9 Å². The lowest BCUT2D eigenvalue weighted by Crippen LogP contribution is -2.24. The van der Waals surface area contributed by atoms with Gasteiger partial charge in [-0.05, 0) is 42.3 Å². The predicted molar refractivity (Wildman–Crippen MR) is 77.0 cm³/mol. The van der Waals surface area contributed by atoms with Crippen molar-refractivity contribution in [2.45, 2.75) is 0 Å². The average molecular weight is 289 g/mol. The van der Waals surface area contributed by atoms with Gasteiger partial charge in [0.1, 0.15) is 5.82 Å². The number of hydrogen-bond acceptors (Lipinski definition) is 2. The molecule has 0 N–H and O–H groups in total. The minimum atomic E-state index is -3.51. The van der Waals surface area contributed by atoms with Crippen molar-refractivity contribution in [1.82, 2.24) is 0 Å². The van der Waals surface area contributed by atoms with Crippen molar-refractivity contribution in [3.05, 3.63) is 66.0 Å². The zero-order valence-corrected chi connectivity index (χ0v) is 11.6. The highest BCUT2D eigenvalue weighted by Crippen LogP contribution is 2.15. The second-order valence-electron chi connectivity index (χ2n) is 4.11. The van der Waals surface area contributed by atoms with Crippen molar-refractivity contribution in [2.24, 2.45) is 0 Å². The molecule has 102 valence electrons. The van der Waals surface area contributed by atoms with Crippen molar-refractivity contribution >= 4 is 15.7 Å². The quantitative estimate of drug-likeness (QED) is 0.629. The van der Waals surface area contributed by atoms with Gasteiger partial charge in [0.2, 0.25) is 10.0 Å². The molecule has 20 heavy (non-hydrogen) atoms. The van der Waals surface area contributed by atoms with Crippen molar-refractivity contribution in [3.8, 4) is 12.0 Å². The van der Waals surface area contributed by atoms with E-state index in [0.717, 1.165) is 10.6 Å². The van der Waals surface area contributed by atoms with Gasteiger partial charge in [-0.25, -0.2) is 12.8 Å². The van der Waals surface area contributed by atoms with Crippen LogP contribution in [0.2, 0.25) is 0 Å². The lowest BCUT2D eigenvalue weighted by atomic mass is 10.2. The van der Waals surface area contributed by atoms with Crippen LogP contribution in [0.4, 0.5) is 10.1 Å². The van der Waals surface area contributed by atoms with E-state index in [0.29, 0.717) is 11.3 Å². The highest BCUT2D eigenvalue weighted by Gasteiger charge is 2.14. The largest absolute Gasteiger partial charge is 0.243 e. The van der Waals surface area contributed by atoms with Crippen molar-refractivity contribution < 1.29 is 12.8 Å². The number of rotatable bonds is 2. The Morgan fingerprint density at radius 2 is 1.60 bits per heavy atom. The number of para-hydroxylation sites is 1. The fraction of sp³-hybridized carbons (Fsp3) is 0.0667. The first-order chi connectivity index (χ1) is 9.47. The molecular formula is C15H12FNO2S. The lowest BCUT2D eigenvalue weighted by Gasteiger charge is -2.14. The molecule has 0 radical (unpaired) electrons. The van der Waals surface area contributed by atoms with Gasteiger partial charge in [-0.1, -0.05) is 18.2 Å². The molecule has 0 saturated carbocycles. The van der Waals surface area contributed by atoms with Crippen LogP contribution in [-0.2, 0) is 10.0 Å². The molecule has 2 aromatic carbocycles. The van der Waals surface area contributed by atoms with Gasteiger partial charge in [0, 0.05) is 11.6 Å². The van der Waals surface area contributed by atoms with Gasteiger partial charge in [-0.15, -0.1) is 0 Å². The van der Waals surface area contributed by atoms with E-state index in [4.69, 9.17) is 0 Å². The summed E-state index contributed by atoms with van der Waals surface area (Å²) in [6.45, 7) is 0. The number of halogens is 1. The molecule has 0 heterocycles. The van der Waals surface area contributed by atoms with E-state index >= 15 is 0 Å². The van der Waals surface area contributed by atoms with E-state index in [1.165, 1.54) is 24.3 Å². The predicted octanol–water partition coefficient (Wildman–Crippen LogP) is 2.60. The maximum atomic E-state index is 12.8. The van der Waals surface area contributed by atoms with E-state index in [1.807, 2.05) is 0 Å². The summed E-state index contributed by atoms with van der Waals surface area (Å²) >= 11 is 0. The summed E-state index contributed by atoms with van der Waals surface area (Å²) in [4.78, 5) is 0. The first kappa shape index (κ1) is 14.1. The summed E-state index contributed by atoms with van der Waals surface area (Å²) in [6, 6.07) is 16.7. The molecule has 2 aromatic rings. The molecule has 0 fully saturated rings. The monoisotopic (exact) mass is 289 g/mol. The molecule has 0 unspecified atom stereocenters. The number of nitrogens with zero attached hydrogens (tertiary/aromatic N) is 1. The minimum absolute atomic E-state index is 0.362. The summed E-state index contributed by atoms with van der Waals surface area (Å²) in [7, 11) is -3.51. The lowest BCUT2D eigenvalue weighted by molar-refractivity contribution is 0.602. The zero-order valence-electron chi connectivity index (χ0n) is 10.7. The van der Waals surface area contributed by atoms with Crippen LogP contribution < -0.4 is 4.31 Å². The van der Waals surface area contributed by atoms with Crippen LogP contribution in [0, 0.1) is 17.8 Å². The van der Waals surface area contributed by atoms with Crippen LogP contribution in [0.15, 0.2) is 54.6 Å². The third-order valence-corrected chi connectivity index (χ3v) is 3.43. The normalized spacial score (nSPS) is 10.5. The van der Waals surface area contributed by atoms with Gasteiger partial charge in [-0.2, -0.15) is 4.31 Å². The zero-order chi connectivity index (χ0) is 14.6. The summed E-state index contributed by atoms with van der Waals surface area (Å²) in [6.07, 6.45) is 1.08. The van der Waals surface area contributed by atoms with E-state index < -0.39 is 10.0 Å². The van der Waals surface area contributed by atoms with Crippen molar-refractivity contribution in [1.29, 1.82) is 0 Å². The number of hydrogen-bond donors (Lipinski definition) is 0. The highest BCUT2D eigenvalue weighted by atomic mass is 32.2. The molecule has 0 amide bonds. The number of anilines is 1. The van der Waals surface area contributed by atoms with Gasteiger partial charge in [0.15, 0.2) is 0 Å². The fourth-order valence-electron chi connectivity index (χ4n) is 1.55. The van der Waals surface area contributed by atoms with Crippen LogP contribution in [0.5, 0.6) is 0 Å². The van der Waals surface area contributed by atoms with E-state index in [-0.39, 0.29) is 5.82 Å². The van der Waals surface area contributed by atoms with E-state index in [1.54, 1.807) is 30.3 Å².